The van der Waals surface area contributed by atoms with Crippen LogP contribution in [-0.2, 0) is 19.3 Å². The van der Waals surface area contributed by atoms with Crippen LogP contribution in [0.5, 0.6) is 0 Å². The minimum Gasteiger partial charge on any atom is -0.348 e. The van der Waals surface area contributed by atoms with Gasteiger partial charge in [-0.2, -0.15) is 18.3 Å². The lowest BCUT2D eigenvalue weighted by atomic mass is 10.1. The van der Waals surface area contributed by atoms with Gasteiger partial charge in [-0.25, -0.2) is 4.39 Å². The standard InChI is InChI=1S/C23H16ClF4N3O/c24-19-10-15(7-8-20(19)25)13-31-21-6-2-5-17(18(21)12-30-31)22(32)29-11-14-3-1-4-16(9-14)23(26,27)28/h1-10,12H,11,13H2,(H,29,32). The summed E-state index contributed by atoms with van der Waals surface area (Å²) < 4.78 is 53.7. The Morgan fingerprint density at radius 1 is 1.03 bits per heavy atom. The molecule has 0 fully saturated rings. The summed E-state index contributed by atoms with van der Waals surface area (Å²) in [5, 5.41) is 7.57. The van der Waals surface area contributed by atoms with Gasteiger partial charge in [0.05, 0.1) is 34.4 Å². The van der Waals surface area contributed by atoms with E-state index in [-0.39, 0.29) is 11.6 Å². The maximum absolute atomic E-state index is 13.4. The second-order valence-corrected chi connectivity index (χ2v) is 7.58. The molecule has 1 aromatic heterocycles. The molecule has 0 aliphatic carbocycles. The number of halogens is 5. The van der Waals surface area contributed by atoms with Gasteiger partial charge in [-0.05, 0) is 47.5 Å². The predicted octanol–water partition coefficient (Wildman–Crippen LogP) is 5.83. The van der Waals surface area contributed by atoms with Crippen molar-refractivity contribution in [1.82, 2.24) is 15.1 Å². The topological polar surface area (TPSA) is 46.9 Å². The molecule has 0 spiro atoms. The first kappa shape index (κ1) is 21.8. The molecule has 4 nitrogen and oxygen atoms in total. The predicted molar refractivity (Wildman–Crippen MR) is 113 cm³/mol. The van der Waals surface area contributed by atoms with Gasteiger partial charge in [-0.15, -0.1) is 0 Å². The first-order chi connectivity index (χ1) is 15.2. The summed E-state index contributed by atoms with van der Waals surface area (Å²) in [6, 6.07) is 14.3. The molecular formula is C23H16ClF4N3O. The van der Waals surface area contributed by atoms with E-state index < -0.39 is 23.5 Å². The molecule has 0 bridgehead atoms. The summed E-state index contributed by atoms with van der Waals surface area (Å²) >= 11 is 5.84. The van der Waals surface area contributed by atoms with Crippen LogP contribution in [-0.4, -0.2) is 15.7 Å². The smallest absolute Gasteiger partial charge is 0.348 e. The normalized spacial score (nSPS) is 11.7. The van der Waals surface area contributed by atoms with Crippen molar-refractivity contribution in [3.8, 4) is 0 Å². The van der Waals surface area contributed by atoms with Gasteiger partial charge in [-0.1, -0.05) is 35.9 Å². The molecule has 164 valence electrons. The molecule has 1 amide bonds. The lowest BCUT2D eigenvalue weighted by molar-refractivity contribution is -0.137. The zero-order valence-corrected chi connectivity index (χ0v) is 17.2. The summed E-state index contributed by atoms with van der Waals surface area (Å²) in [6.07, 6.45) is -2.91. The quantitative estimate of drug-likeness (QED) is 0.380. The Kier molecular flexibility index (Phi) is 5.88. The molecule has 32 heavy (non-hydrogen) atoms. The Morgan fingerprint density at radius 2 is 1.81 bits per heavy atom. The van der Waals surface area contributed by atoms with Crippen LogP contribution >= 0.6 is 11.6 Å². The van der Waals surface area contributed by atoms with E-state index in [1.54, 1.807) is 35.1 Å². The number of nitrogens with one attached hydrogen (secondary N) is 1. The molecule has 3 aromatic carbocycles. The van der Waals surface area contributed by atoms with Gasteiger partial charge in [-0.3, -0.25) is 9.48 Å². The fraction of sp³-hybridized carbons (Fsp3) is 0.130. The van der Waals surface area contributed by atoms with Crippen molar-refractivity contribution >= 4 is 28.4 Å². The van der Waals surface area contributed by atoms with Crippen molar-refractivity contribution < 1.29 is 22.4 Å². The van der Waals surface area contributed by atoms with Gasteiger partial charge >= 0.3 is 6.18 Å². The van der Waals surface area contributed by atoms with Crippen molar-refractivity contribution in [1.29, 1.82) is 0 Å². The highest BCUT2D eigenvalue weighted by Gasteiger charge is 2.30. The summed E-state index contributed by atoms with van der Waals surface area (Å²) in [4.78, 5) is 12.7. The van der Waals surface area contributed by atoms with Gasteiger partial charge in [0, 0.05) is 11.9 Å². The molecule has 0 radical (unpaired) electrons. The average molecular weight is 462 g/mol. The second kappa shape index (κ2) is 8.63. The summed E-state index contributed by atoms with van der Waals surface area (Å²) in [5.41, 5.74) is 1.33. The number of amides is 1. The summed E-state index contributed by atoms with van der Waals surface area (Å²) in [6.45, 7) is 0.264. The highest BCUT2D eigenvalue weighted by Crippen LogP contribution is 2.29. The number of fused-ring (bicyclic) bond motifs is 1. The summed E-state index contributed by atoms with van der Waals surface area (Å²) in [5.74, 6) is -0.946. The molecule has 1 heterocycles. The fourth-order valence-corrected chi connectivity index (χ4v) is 3.58. The molecule has 0 aliphatic heterocycles. The third-order valence-electron chi connectivity index (χ3n) is 4.96. The number of aromatic nitrogens is 2. The Labute approximate surface area is 185 Å². The Balaban J connectivity index is 1.53. The number of hydrogen-bond acceptors (Lipinski definition) is 2. The van der Waals surface area contributed by atoms with Gasteiger partial charge < -0.3 is 5.32 Å². The van der Waals surface area contributed by atoms with Crippen LogP contribution in [0.25, 0.3) is 10.9 Å². The molecule has 0 atom stereocenters. The highest BCUT2D eigenvalue weighted by molar-refractivity contribution is 6.30. The van der Waals surface area contributed by atoms with E-state index in [1.807, 2.05) is 0 Å². The largest absolute Gasteiger partial charge is 0.416 e. The van der Waals surface area contributed by atoms with Crippen LogP contribution in [0.15, 0.2) is 66.9 Å². The second-order valence-electron chi connectivity index (χ2n) is 7.17. The van der Waals surface area contributed by atoms with E-state index in [4.69, 9.17) is 11.6 Å². The molecule has 9 heteroatoms. The molecule has 4 rings (SSSR count). The van der Waals surface area contributed by atoms with E-state index in [9.17, 15) is 22.4 Å². The zero-order chi connectivity index (χ0) is 22.9. The Hall–Kier alpha value is -3.39. The minimum atomic E-state index is -4.45. The maximum atomic E-state index is 13.4. The minimum absolute atomic E-state index is 0.00798. The van der Waals surface area contributed by atoms with Gasteiger partial charge in [0.15, 0.2) is 0 Å². The molecule has 0 unspecified atom stereocenters. The van der Waals surface area contributed by atoms with Crippen molar-refractivity contribution in [2.45, 2.75) is 19.3 Å². The third kappa shape index (κ3) is 4.60. The molecule has 0 saturated heterocycles. The van der Waals surface area contributed by atoms with Crippen LogP contribution < -0.4 is 5.32 Å². The van der Waals surface area contributed by atoms with E-state index in [2.05, 4.69) is 10.4 Å². The van der Waals surface area contributed by atoms with Crippen LogP contribution in [0.3, 0.4) is 0 Å². The third-order valence-corrected chi connectivity index (χ3v) is 5.25. The monoisotopic (exact) mass is 461 g/mol. The fourth-order valence-electron chi connectivity index (χ4n) is 3.37. The molecule has 0 aliphatic rings. The number of nitrogens with zero attached hydrogens (tertiary/aromatic N) is 2. The average Bonchev–Trinajstić information content (AvgIpc) is 3.17. The maximum Gasteiger partial charge on any atom is 0.416 e. The molecule has 1 N–H and O–H groups in total. The number of alkyl halides is 3. The van der Waals surface area contributed by atoms with Gasteiger partial charge in [0.25, 0.3) is 5.91 Å². The SMILES string of the molecule is O=C(NCc1cccc(C(F)(F)F)c1)c1cccc2c1cnn2Cc1ccc(F)c(Cl)c1. The van der Waals surface area contributed by atoms with Crippen LogP contribution in [0.4, 0.5) is 17.6 Å². The van der Waals surface area contributed by atoms with Crippen LogP contribution in [0.1, 0.15) is 27.0 Å². The molecule has 0 saturated carbocycles. The zero-order valence-electron chi connectivity index (χ0n) is 16.5. The van der Waals surface area contributed by atoms with Crippen molar-refractivity contribution in [2.24, 2.45) is 0 Å². The van der Waals surface area contributed by atoms with E-state index >= 15 is 0 Å². The van der Waals surface area contributed by atoms with E-state index in [0.717, 1.165) is 17.7 Å². The van der Waals surface area contributed by atoms with Crippen molar-refractivity contribution in [3.63, 3.8) is 0 Å². The van der Waals surface area contributed by atoms with Crippen molar-refractivity contribution in [3.05, 3.63) is 100.0 Å². The first-order valence-corrected chi connectivity index (χ1v) is 9.93. The molecule has 4 aromatic rings. The molecular weight excluding hydrogens is 446 g/mol. The van der Waals surface area contributed by atoms with Crippen molar-refractivity contribution in [2.75, 3.05) is 0 Å². The summed E-state index contributed by atoms with van der Waals surface area (Å²) in [7, 11) is 0. The number of carbonyl (C=O) groups is 1. The van der Waals surface area contributed by atoms with Crippen LogP contribution in [0, 0.1) is 5.82 Å². The van der Waals surface area contributed by atoms with Crippen LogP contribution in [0.2, 0.25) is 5.02 Å². The van der Waals surface area contributed by atoms with Gasteiger partial charge in [0.1, 0.15) is 5.82 Å². The van der Waals surface area contributed by atoms with E-state index in [0.29, 0.717) is 28.6 Å². The number of rotatable bonds is 5. The Bertz CT molecular complexity index is 1300. The van der Waals surface area contributed by atoms with Gasteiger partial charge in [0.2, 0.25) is 0 Å². The number of benzene rings is 3. The van der Waals surface area contributed by atoms with E-state index in [1.165, 1.54) is 24.3 Å². The highest BCUT2D eigenvalue weighted by atomic mass is 35.5. The lowest BCUT2D eigenvalue weighted by Gasteiger charge is -2.10. The first-order valence-electron chi connectivity index (χ1n) is 9.55. The number of hydrogen-bond donors (Lipinski definition) is 1. The Morgan fingerprint density at radius 3 is 2.56 bits per heavy atom. The lowest BCUT2D eigenvalue weighted by Crippen LogP contribution is -2.23. The number of carbonyl (C=O) groups excluding carboxylic acids is 1.